The summed E-state index contributed by atoms with van der Waals surface area (Å²) < 4.78 is 13.7. The first-order valence-corrected chi connectivity index (χ1v) is 20.8. The highest BCUT2D eigenvalue weighted by Crippen LogP contribution is 2.42. The van der Waals surface area contributed by atoms with Crippen LogP contribution in [0.5, 0.6) is 5.75 Å². The smallest absolute Gasteiger partial charge is 0.250 e. The second-order valence-electron chi connectivity index (χ2n) is 15.0. The van der Waals surface area contributed by atoms with Crippen LogP contribution >= 0.6 is 0 Å². The maximum atomic E-state index is 7.05. The van der Waals surface area contributed by atoms with E-state index in [-0.39, 0.29) is 16.0 Å². The van der Waals surface area contributed by atoms with Crippen LogP contribution in [-0.2, 0) is 11.0 Å². The van der Waals surface area contributed by atoms with Gasteiger partial charge in [-0.05, 0) is 100 Å². The van der Waals surface area contributed by atoms with Gasteiger partial charge in [0.2, 0.25) is 8.32 Å². The van der Waals surface area contributed by atoms with Crippen LogP contribution in [0, 0.1) is 0 Å². The fourth-order valence-corrected chi connectivity index (χ4v) is 6.54. The van der Waals surface area contributed by atoms with Gasteiger partial charge in [0.1, 0.15) is 5.75 Å². The molecule has 2 rings (SSSR count). The molecule has 5 heteroatoms. The standard InChI is InChI=1S/C34H59NO2Si2/c1-26(2)35(27(3)4)23-22-30(29-18-16-15-17-19-29)31-24-28(25-36-38(11,12)33(5,6)7)20-21-32(31)37-39(13,14)34(8,9)10/h15-21,24,26-27,30H,22-23,25H2,1-14H3/t30-/m1/s1. The molecule has 2 aromatic carbocycles. The van der Waals surface area contributed by atoms with Crippen molar-refractivity contribution in [3.63, 3.8) is 0 Å². The van der Waals surface area contributed by atoms with Crippen LogP contribution in [0.4, 0.5) is 0 Å². The summed E-state index contributed by atoms with van der Waals surface area (Å²) in [5, 5.41) is 0.313. The fourth-order valence-electron chi connectivity index (χ4n) is 4.54. The van der Waals surface area contributed by atoms with E-state index in [0.29, 0.717) is 18.7 Å². The monoisotopic (exact) mass is 569 g/mol. The Labute approximate surface area is 244 Å². The Hall–Kier alpha value is -1.41. The molecule has 0 saturated heterocycles. The first-order chi connectivity index (χ1) is 17.8. The molecular formula is C34H59NO2Si2. The molecule has 0 N–H and O–H groups in total. The van der Waals surface area contributed by atoms with E-state index in [0.717, 1.165) is 18.7 Å². The van der Waals surface area contributed by atoms with Gasteiger partial charge < -0.3 is 8.85 Å². The lowest BCUT2D eigenvalue weighted by atomic mass is 9.86. The topological polar surface area (TPSA) is 21.7 Å². The van der Waals surface area contributed by atoms with Crippen LogP contribution < -0.4 is 4.43 Å². The van der Waals surface area contributed by atoms with Gasteiger partial charge in [0.05, 0.1) is 6.61 Å². The van der Waals surface area contributed by atoms with Crippen LogP contribution in [0.2, 0.25) is 36.3 Å². The Morgan fingerprint density at radius 2 is 1.28 bits per heavy atom. The van der Waals surface area contributed by atoms with E-state index in [2.05, 4.69) is 149 Å². The van der Waals surface area contributed by atoms with Gasteiger partial charge in [0, 0.05) is 23.6 Å². The van der Waals surface area contributed by atoms with Gasteiger partial charge in [-0.25, -0.2) is 0 Å². The predicted molar refractivity (Wildman–Crippen MR) is 176 cm³/mol. The average Bonchev–Trinajstić information content (AvgIpc) is 2.80. The summed E-state index contributed by atoms with van der Waals surface area (Å²) in [5.41, 5.74) is 3.89. The Morgan fingerprint density at radius 3 is 1.77 bits per heavy atom. The number of hydrogen-bond acceptors (Lipinski definition) is 3. The van der Waals surface area contributed by atoms with Crippen LogP contribution in [0.1, 0.15) is 98.3 Å². The molecule has 0 radical (unpaired) electrons. The van der Waals surface area contributed by atoms with E-state index in [4.69, 9.17) is 8.85 Å². The van der Waals surface area contributed by atoms with Gasteiger partial charge in [0.25, 0.3) is 0 Å². The van der Waals surface area contributed by atoms with Gasteiger partial charge in [-0.3, -0.25) is 4.90 Å². The molecule has 0 unspecified atom stereocenters. The molecule has 2 aromatic rings. The summed E-state index contributed by atoms with van der Waals surface area (Å²) in [6.45, 7) is 34.2. The van der Waals surface area contributed by atoms with Gasteiger partial charge in [0.15, 0.2) is 8.32 Å². The zero-order chi connectivity index (χ0) is 29.8. The number of benzene rings is 2. The van der Waals surface area contributed by atoms with Crippen molar-refractivity contribution in [3.8, 4) is 5.75 Å². The largest absolute Gasteiger partial charge is 0.543 e. The molecule has 39 heavy (non-hydrogen) atoms. The molecular weight excluding hydrogens is 511 g/mol. The fraction of sp³-hybridized carbons (Fsp3) is 0.647. The highest BCUT2D eigenvalue weighted by Gasteiger charge is 2.40. The van der Waals surface area contributed by atoms with E-state index in [1.54, 1.807) is 0 Å². The molecule has 3 nitrogen and oxygen atoms in total. The van der Waals surface area contributed by atoms with E-state index in [9.17, 15) is 0 Å². The predicted octanol–water partition coefficient (Wildman–Crippen LogP) is 10.2. The molecule has 0 aromatic heterocycles. The Morgan fingerprint density at radius 1 is 0.744 bits per heavy atom. The zero-order valence-electron chi connectivity index (χ0n) is 27.7. The lowest BCUT2D eigenvalue weighted by molar-refractivity contribution is 0.170. The molecule has 220 valence electrons. The van der Waals surface area contributed by atoms with Crippen molar-refractivity contribution in [2.45, 2.75) is 137 Å². The van der Waals surface area contributed by atoms with E-state index in [1.165, 1.54) is 16.7 Å². The minimum atomic E-state index is -2.03. The molecule has 0 fully saturated rings. The quantitative estimate of drug-likeness (QED) is 0.237. The van der Waals surface area contributed by atoms with Gasteiger partial charge in [-0.2, -0.15) is 0 Å². The van der Waals surface area contributed by atoms with Crippen molar-refractivity contribution in [1.29, 1.82) is 0 Å². The normalized spacial score (nSPS) is 14.4. The van der Waals surface area contributed by atoms with Crippen molar-refractivity contribution in [2.75, 3.05) is 6.54 Å². The lowest BCUT2D eigenvalue weighted by Crippen LogP contribution is -2.44. The van der Waals surface area contributed by atoms with Crippen LogP contribution in [0.3, 0.4) is 0 Å². The summed E-state index contributed by atoms with van der Waals surface area (Å²) in [7, 11) is -3.89. The molecule has 0 aliphatic carbocycles. The summed E-state index contributed by atoms with van der Waals surface area (Å²) in [6.07, 6.45) is 1.04. The second-order valence-corrected chi connectivity index (χ2v) is 24.5. The molecule has 0 amide bonds. The first kappa shape index (κ1) is 33.8. The summed E-state index contributed by atoms with van der Waals surface area (Å²) in [4.78, 5) is 2.61. The summed E-state index contributed by atoms with van der Waals surface area (Å²) >= 11 is 0. The lowest BCUT2D eigenvalue weighted by Gasteiger charge is -2.38. The van der Waals surface area contributed by atoms with E-state index >= 15 is 0 Å². The van der Waals surface area contributed by atoms with Crippen molar-refractivity contribution in [2.24, 2.45) is 0 Å². The maximum absolute atomic E-state index is 7.05. The Kier molecular flexibility index (Phi) is 11.3. The van der Waals surface area contributed by atoms with Gasteiger partial charge in [-0.1, -0.05) is 77.9 Å². The zero-order valence-corrected chi connectivity index (χ0v) is 29.7. The second kappa shape index (κ2) is 13.1. The van der Waals surface area contributed by atoms with Crippen LogP contribution in [0.25, 0.3) is 0 Å². The summed E-state index contributed by atoms with van der Waals surface area (Å²) in [5.74, 6) is 1.30. The molecule has 0 aliphatic rings. The van der Waals surface area contributed by atoms with Crippen LogP contribution in [-0.4, -0.2) is 40.2 Å². The first-order valence-electron chi connectivity index (χ1n) is 15.0. The summed E-state index contributed by atoms with van der Waals surface area (Å²) in [6, 6.07) is 18.9. The van der Waals surface area contributed by atoms with Crippen molar-refractivity contribution in [1.82, 2.24) is 4.90 Å². The van der Waals surface area contributed by atoms with Crippen molar-refractivity contribution in [3.05, 3.63) is 65.2 Å². The average molecular weight is 570 g/mol. The number of rotatable bonds is 12. The highest BCUT2D eigenvalue weighted by atomic mass is 28.4. The minimum Gasteiger partial charge on any atom is -0.543 e. The minimum absolute atomic E-state index is 0.128. The van der Waals surface area contributed by atoms with E-state index < -0.39 is 16.6 Å². The van der Waals surface area contributed by atoms with Crippen LogP contribution in [0.15, 0.2) is 48.5 Å². The van der Waals surface area contributed by atoms with Gasteiger partial charge >= 0.3 is 0 Å². The molecule has 0 saturated carbocycles. The number of nitrogens with zero attached hydrogens (tertiary/aromatic N) is 1. The van der Waals surface area contributed by atoms with Crippen molar-refractivity contribution >= 4 is 16.6 Å². The SMILES string of the molecule is CC(C)N(CC[C@H](c1ccccc1)c1cc(CO[Si](C)(C)C(C)(C)C)ccc1O[Si](C)(C)C(C)(C)C)C(C)C. The van der Waals surface area contributed by atoms with Crippen molar-refractivity contribution < 1.29 is 8.85 Å². The van der Waals surface area contributed by atoms with E-state index in [1.807, 2.05) is 0 Å². The van der Waals surface area contributed by atoms with Gasteiger partial charge in [-0.15, -0.1) is 0 Å². The molecule has 0 bridgehead atoms. The highest BCUT2D eigenvalue weighted by molar-refractivity contribution is 6.75. The Balaban J connectivity index is 2.61. The third-order valence-electron chi connectivity index (χ3n) is 9.23. The third kappa shape index (κ3) is 9.04. The number of hydrogen-bond donors (Lipinski definition) is 0. The third-order valence-corrected chi connectivity index (χ3v) is 18.1. The molecule has 0 heterocycles. The molecule has 1 atom stereocenters. The maximum Gasteiger partial charge on any atom is 0.250 e. The molecule has 0 aliphatic heterocycles. The molecule has 0 spiro atoms. The Bertz CT molecular complexity index is 1030.